The molecule has 3 rings (SSSR count). The van der Waals surface area contributed by atoms with E-state index < -0.39 is 11.2 Å². The Labute approximate surface area is 167 Å². The maximum atomic E-state index is 12.8. The summed E-state index contributed by atoms with van der Waals surface area (Å²) in [5.74, 6) is -1.15. The number of aliphatic carboxylic acids is 1. The number of nitrogens with zero attached hydrogens (tertiary/aromatic N) is 1. The molecule has 0 aromatic heterocycles. The smallest absolute Gasteiger partial charge is 0.316 e. The monoisotopic (exact) mass is 398 g/mol. The van der Waals surface area contributed by atoms with Crippen LogP contribution in [-0.2, 0) is 9.59 Å². The van der Waals surface area contributed by atoms with Crippen LogP contribution in [0.3, 0.4) is 0 Å². The van der Waals surface area contributed by atoms with Crippen molar-refractivity contribution in [2.75, 3.05) is 16.8 Å². The van der Waals surface area contributed by atoms with Crippen LogP contribution in [0.1, 0.15) is 36.5 Å². The molecule has 2 aromatic carbocycles. The molecular weight excluding hydrogens is 376 g/mol. The lowest BCUT2D eigenvalue weighted by Gasteiger charge is -2.27. The van der Waals surface area contributed by atoms with Gasteiger partial charge < -0.3 is 15.3 Å². The number of benzene rings is 2. The van der Waals surface area contributed by atoms with E-state index in [2.05, 4.69) is 5.32 Å². The first kappa shape index (κ1) is 19.9. The van der Waals surface area contributed by atoms with E-state index in [1.165, 1.54) is 0 Å². The first-order chi connectivity index (χ1) is 13.5. The van der Waals surface area contributed by atoms with Gasteiger partial charge >= 0.3 is 5.97 Å². The van der Waals surface area contributed by atoms with Crippen molar-refractivity contribution in [1.82, 2.24) is 0 Å². The largest absolute Gasteiger partial charge is 0.480 e. The number of piperidine rings is 1. The van der Waals surface area contributed by atoms with E-state index in [9.17, 15) is 14.4 Å². The summed E-state index contributed by atoms with van der Waals surface area (Å²) in [6.07, 6.45) is 2.42. The van der Waals surface area contributed by atoms with E-state index in [1.54, 1.807) is 54.3 Å². The van der Waals surface area contributed by atoms with Crippen molar-refractivity contribution in [2.24, 2.45) is 0 Å². The normalized spacial score (nSPS) is 15.2. The number of hydrogen-bond donors (Lipinski definition) is 2. The predicted octanol–water partition coefficient (Wildman–Crippen LogP) is 4.02. The van der Waals surface area contributed by atoms with Gasteiger partial charge in [-0.25, -0.2) is 0 Å². The Hall–Kier alpha value is -2.80. The van der Waals surface area contributed by atoms with Crippen LogP contribution in [0.25, 0.3) is 0 Å². The van der Waals surface area contributed by atoms with Crippen LogP contribution in [0.4, 0.5) is 11.4 Å². The number of carbonyl (C=O) groups is 3. The summed E-state index contributed by atoms with van der Waals surface area (Å²) in [6.45, 7) is 2.27. The number of nitrogens with one attached hydrogen (secondary N) is 1. The van der Waals surface area contributed by atoms with Crippen LogP contribution in [-0.4, -0.2) is 34.7 Å². The maximum absolute atomic E-state index is 12.8. The molecule has 1 saturated heterocycles. The van der Waals surface area contributed by atoms with Gasteiger partial charge in [-0.3, -0.25) is 14.4 Å². The van der Waals surface area contributed by atoms with Gasteiger partial charge in [-0.1, -0.05) is 18.2 Å². The number of carbonyl (C=O) groups excluding carboxylic acids is 2. The molecule has 1 aliphatic heterocycles. The molecule has 28 heavy (non-hydrogen) atoms. The Bertz CT molecular complexity index is 899. The van der Waals surface area contributed by atoms with E-state index in [-0.39, 0.29) is 11.8 Å². The average molecular weight is 398 g/mol. The van der Waals surface area contributed by atoms with Crippen LogP contribution in [0.15, 0.2) is 53.4 Å². The zero-order valence-electron chi connectivity index (χ0n) is 15.6. The Morgan fingerprint density at radius 3 is 2.68 bits per heavy atom. The molecule has 2 aromatic rings. The fourth-order valence-corrected chi connectivity index (χ4v) is 3.95. The molecule has 0 spiro atoms. The quantitative estimate of drug-likeness (QED) is 0.718. The van der Waals surface area contributed by atoms with Gasteiger partial charge in [0.1, 0.15) is 5.25 Å². The van der Waals surface area contributed by atoms with Crippen molar-refractivity contribution in [3.8, 4) is 0 Å². The summed E-state index contributed by atoms with van der Waals surface area (Å²) >= 11 is 1.13. The highest BCUT2D eigenvalue weighted by Crippen LogP contribution is 2.28. The fraction of sp³-hybridized carbons (Fsp3) is 0.286. The van der Waals surface area contributed by atoms with Gasteiger partial charge in [0.15, 0.2) is 0 Å². The third kappa shape index (κ3) is 4.72. The van der Waals surface area contributed by atoms with E-state index >= 15 is 0 Å². The second kappa shape index (κ2) is 8.93. The van der Waals surface area contributed by atoms with Crippen molar-refractivity contribution >= 4 is 40.9 Å². The van der Waals surface area contributed by atoms with Gasteiger partial charge in [0, 0.05) is 29.2 Å². The summed E-state index contributed by atoms with van der Waals surface area (Å²) in [6, 6.07) is 14.1. The number of rotatable bonds is 6. The summed E-state index contributed by atoms with van der Waals surface area (Å²) in [5, 5.41) is 11.3. The van der Waals surface area contributed by atoms with E-state index in [0.29, 0.717) is 29.1 Å². The first-order valence-corrected chi connectivity index (χ1v) is 10.0. The number of carboxylic acid groups (broad SMARTS) is 1. The molecule has 6 nitrogen and oxygen atoms in total. The first-order valence-electron chi connectivity index (χ1n) is 9.16. The third-order valence-electron chi connectivity index (χ3n) is 4.52. The van der Waals surface area contributed by atoms with Crippen molar-refractivity contribution in [3.05, 3.63) is 54.1 Å². The minimum atomic E-state index is -0.931. The lowest BCUT2D eigenvalue weighted by molar-refractivity contribution is -0.136. The zero-order chi connectivity index (χ0) is 20.1. The van der Waals surface area contributed by atoms with Crippen LogP contribution in [0.2, 0.25) is 0 Å². The zero-order valence-corrected chi connectivity index (χ0v) is 16.4. The van der Waals surface area contributed by atoms with E-state index in [4.69, 9.17) is 5.11 Å². The number of anilines is 2. The SMILES string of the molecule is CC(Sc1ccccc1C(=O)Nc1cccc(N2CCCCC2=O)c1)C(=O)O. The van der Waals surface area contributed by atoms with Crippen LogP contribution in [0.5, 0.6) is 0 Å². The number of amides is 2. The van der Waals surface area contributed by atoms with E-state index in [1.807, 2.05) is 6.07 Å². The minimum Gasteiger partial charge on any atom is -0.480 e. The van der Waals surface area contributed by atoms with Gasteiger partial charge in [0.05, 0.1) is 5.56 Å². The van der Waals surface area contributed by atoms with Gasteiger partial charge in [0.2, 0.25) is 5.91 Å². The molecule has 1 aliphatic rings. The summed E-state index contributed by atoms with van der Waals surface area (Å²) in [4.78, 5) is 38.4. The highest BCUT2D eigenvalue weighted by Gasteiger charge is 2.21. The van der Waals surface area contributed by atoms with Crippen molar-refractivity contribution in [3.63, 3.8) is 0 Å². The standard InChI is InChI=1S/C21H22N2O4S/c1-14(21(26)27)28-18-10-3-2-9-17(18)20(25)22-15-7-6-8-16(13-15)23-12-5-4-11-19(23)24/h2-3,6-10,13-14H,4-5,11-12H2,1H3,(H,22,25)(H,26,27). The van der Waals surface area contributed by atoms with Gasteiger partial charge in [0.25, 0.3) is 5.91 Å². The lowest BCUT2D eigenvalue weighted by atomic mass is 10.1. The van der Waals surface area contributed by atoms with Crippen LogP contribution < -0.4 is 10.2 Å². The fourth-order valence-electron chi connectivity index (χ4n) is 3.03. The molecule has 1 fully saturated rings. The lowest BCUT2D eigenvalue weighted by Crippen LogP contribution is -2.35. The molecular formula is C21H22N2O4S. The molecule has 7 heteroatoms. The number of carboxylic acids is 1. The Morgan fingerprint density at radius 1 is 1.14 bits per heavy atom. The molecule has 146 valence electrons. The summed E-state index contributed by atoms with van der Waals surface area (Å²) < 4.78 is 0. The van der Waals surface area contributed by atoms with Crippen molar-refractivity contribution in [2.45, 2.75) is 36.3 Å². The Balaban J connectivity index is 1.78. The van der Waals surface area contributed by atoms with Crippen LogP contribution in [0, 0.1) is 0 Å². The molecule has 2 N–H and O–H groups in total. The van der Waals surface area contributed by atoms with Crippen molar-refractivity contribution in [1.29, 1.82) is 0 Å². The average Bonchev–Trinajstić information content (AvgIpc) is 2.69. The third-order valence-corrected chi connectivity index (χ3v) is 5.69. The predicted molar refractivity (Wildman–Crippen MR) is 110 cm³/mol. The molecule has 0 aliphatic carbocycles. The molecule has 1 atom stereocenters. The Kier molecular flexibility index (Phi) is 6.36. The second-order valence-electron chi connectivity index (χ2n) is 6.60. The highest BCUT2D eigenvalue weighted by molar-refractivity contribution is 8.00. The number of hydrogen-bond acceptors (Lipinski definition) is 4. The molecule has 1 heterocycles. The summed E-state index contributed by atoms with van der Waals surface area (Å²) in [7, 11) is 0. The highest BCUT2D eigenvalue weighted by atomic mass is 32.2. The van der Waals surface area contributed by atoms with E-state index in [0.717, 1.165) is 30.3 Å². The van der Waals surface area contributed by atoms with Gasteiger partial charge in [-0.2, -0.15) is 0 Å². The molecule has 2 amide bonds. The Morgan fingerprint density at radius 2 is 1.93 bits per heavy atom. The molecule has 0 saturated carbocycles. The summed E-state index contributed by atoms with van der Waals surface area (Å²) in [5.41, 5.74) is 1.77. The molecule has 0 bridgehead atoms. The number of thioether (sulfide) groups is 1. The van der Waals surface area contributed by atoms with Gasteiger partial charge in [-0.05, 0) is 50.1 Å². The minimum absolute atomic E-state index is 0.0964. The van der Waals surface area contributed by atoms with Crippen LogP contribution >= 0.6 is 11.8 Å². The van der Waals surface area contributed by atoms with Crippen molar-refractivity contribution < 1.29 is 19.5 Å². The maximum Gasteiger partial charge on any atom is 0.316 e. The topological polar surface area (TPSA) is 86.7 Å². The van der Waals surface area contributed by atoms with Gasteiger partial charge in [-0.15, -0.1) is 11.8 Å². The molecule has 0 radical (unpaired) electrons. The molecule has 1 unspecified atom stereocenters. The second-order valence-corrected chi connectivity index (χ2v) is 7.98.